The van der Waals surface area contributed by atoms with Gasteiger partial charge in [0.25, 0.3) is 0 Å². The van der Waals surface area contributed by atoms with Crippen molar-refractivity contribution in [2.24, 2.45) is 0 Å². The highest BCUT2D eigenvalue weighted by Crippen LogP contribution is 2.24. The molecule has 1 aliphatic rings. The minimum Gasteiger partial charge on any atom is -0.306 e. The number of rotatable bonds is 4. The van der Waals surface area contributed by atoms with Gasteiger partial charge in [-0.2, -0.15) is 5.10 Å². The van der Waals surface area contributed by atoms with Crippen LogP contribution in [0.1, 0.15) is 17.9 Å². The molecule has 0 saturated carbocycles. The van der Waals surface area contributed by atoms with Gasteiger partial charge in [-0.15, -0.1) is 11.3 Å². The third kappa shape index (κ3) is 3.16. The van der Waals surface area contributed by atoms with Crippen LogP contribution in [-0.4, -0.2) is 25.8 Å². The lowest BCUT2D eigenvalue weighted by Crippen LogP contribution is -2.37. The molecule has 7 heteroatoms. The Labute approximate surface area is 137 Å². The average Bonchev–Trinajstić information content (AvgIpc) is 3.22. The van der Waals surface area contributed by atoms with Gasteiger partial charge in [0, 0.05) is 30.0 Å². The summed E-state index contributed by atoms with van der Waals surface area (Å²) >= 11 is 1.58. The minimum absolute atomic E-state index is 0.225. The molecule has 2 aromatic heterocycles. The molecule has 3 aromatic rings. The molecular formula is C16H16FN5S. The van der Waals surface area contributed by atoms with Crippen LogP contribution in [-0.2, 0) is 19.5 Å². The van der Waals surface area contributed by atoms with Gasteiger partial charge in [0.15, 0.2) is 0 Å². The quantitative estimate of drug-likeness (QED) is 0.799. The molecule has 1 aliphatic heterocycles. The largest absolute Gasteiger partial charge is 0.306 e. The average molecular weight is 329 g/mol. The van der Waals surface area contributed by atoms with Crippen LogP contribution in [0.5, 0.6) is 0 Å². The van der Waals surface area contributed by atoms with E-state index < -0.39 is 0 Å². The molecule has 23 heavy (non-hydrogen) atoms. The zero-order valence-electron chi connectivity index (χ0n) is 12.4. The fourth-order valence-corrected chi connectivity index (χ4v) is 3.59. The zero-order valence-corrected chi connectivity index (χ0v) is 13.3. The third-order valence-electron chi connectivity index (χ3n) is 4.02. The second-order valence-corrected chi connectivity index (χ2v) is 6.48. The Morgan fingerprint density at radius 1 is 1.30 bits per heavy atom. The standard InChI is InChI=1S/C16H16FN5S/c17-12-3-1-11(2-4-12)16-21-14(9-23-16)7-18-13-5-6-15-19-10-20-22(15)8-13/h1-4,9-10,13,18H,5-8H2. The first kappa shape index (κ1) is 14.5. The Kier molecular flexibility index (Phi) is 3.88. The predicted octanol–water partition coefficient (Wildman–Crippen LogP) is 2.65. The van der Waals surface area contributed by atoms with Crippen LogP contribution in [0.2, 0.25) is 0 Å². The summed E-state index contributed by atoms with van der Waals surface area (Å²) in [7, 11) is 0. The molecule has 118 valence electrons. The van der Waals surface area contributed by atoms with Crippen LogP contribution in [0.4, 0.5) is 4.39 Å². The van der Waals surface area contributed by atoms with Crippen molar-refractivity contribution >= 4 is 11.3 Å². The summed E-state index contributed by atoms with van der Waals surface area (Å²) in [6.45, 7) is 1.58. The van der Waals surface area contributed by atoms with E-state index in [4.69, 9.17) is 0 Å². The molecule has 5 nitrogen and oxygen atoms in total. The molecule has 0 saturated heterocycles. The van der Waals surface area contributed by atoms with Crippen molar-refractivity contribution in [1.82, 2.24) is 25.1 Å². The van der Waals surface area contributed by atoms with Crippen LogP contribution in [0.25, 0.3) is 10.6 Å². The summed E-state index contributed by atoms with van der Waals surface area (Å²) in [4.78, 5) is 8.87. The minimum atomic E-state index is -0.225. The number of hydrogen-bond acceptors (Lipinski definition) is 5. The molecule has 0 aliphatic carbocycles. The van der Waals surface area contributed by atoms with E-state index in [0.29, 0.717) is 6.04 Å². The predicted molar refractivity (Wildman–Crippen MR) is 86.5 cm³/mol. The summed E-state index contributed by atoms with van der Waals surface area (Å²) < 4.78 is 14.9. The molecule has 4 rings (SSSR count). The van der Waals surface area contributed by atoms with E-state index in [1.807, 2.05) is 4.68 Å². The van der Waals surface area contributed by atoms with E-state index in [0.717, 1.165) is 48.0 Å². The first-order valence-corrected chi connectivity index (χ1v) is 8.46. The van der Waals surface area contributed by atoms with Crippen molar-refractivity contribution in [2.75, 3.05) is 0 Å². The second-order valence-electron chi connectivity index (χ2n) is 5.63. The summed E-state index contributed by atoms with van der Waals surface area (Å²) in [5.41, 5.74) is 1.96. The fraction of sp³-hybridized carbons (Fsp3) is 0.312. The van der Waals surface area contributed by atoms with Gasteiger partial charge in [0.05, 0.1) is 12.2 Å². The molecule has 1 atom stereocenters. The van der Waals surface area contributed by atoms with Gasteiger partial charge >= 0.3 is 0 Å². The van der Waals surface area contributed by atoms with Crippen molar-refractivity contribution < 1.29 is 4.39 Å². The van der Waals surface area contributed by atoms with Crippen molar-refractivity contribution in [1.29, 1.82) is 0 Å². The Hall–Kier alpha value is -2.12. The van der Waals surface area contributed by atoms with E-state index in [1.54, 1.807) is 29.8 Å². The molecule has 1 aromatic carbocycles. The zero-order chi connectivity index (χ0) is 15.6. The first-order valence-electron chi connectivity index (χ1n) is 7.58. The van der Waals surface area contributed by atoms with Crippen LogP contribution < -0.4 is 5.32 Å². The highest BCUT2D eigenvalue weighted by Gasteiger charge is 2.19. The summed E-state index contributed by atoms with van der Waals surface area (Å²) in [5.74, 6) is 0.840. The van der Waals surface area contributed by atoms with Gasteiger partial charge in [0.1, 0.15) is 23.0 Å². The van der Waals surface area contributed by atoms with Crippen molar-refractivity contribution in [3.05, 3.63) is 53.3 Å². The third-order valence-corrected chi connectivity index (χ3v) is 4.96. The van der Waals surface area contributed by atoms with Crippen molar-refractivity contribution in [3.8, 4) is 10.6 Å². The lowest BCUT2D eigenvalue weighted by molar-refractivity contribution is 0.357. The number of benzene rings is 1. The molecule has 0 radical (unpaired) electrons. The van der Waals surface area contributed by atoms with Gasteiger partial charge in [-0.25, -0.2) is 19.0 Å². The van der Waals surface area contributed by atoms with Crippen LogP contribution in [0.3, 0.4) is 0 Å². The monoisotopic (exact) mass is 329 g/mol. The number of nitrogens with one attached hydrogen (secondary N) is 1. The number of aryl methyl sites for hydroxylation is 1. The molecule has 0 bridgehead atoms. The van der Waals surface area contributed by atoms with Gasteiger partial charge in [-0.05, 0) is 30.7 Å². The maximum Gasteiger partial charge on any atom is 0.138 e. The van der Waals surface area contributed by atoms with Crippen LogP contribution in [0, 0.1) is 5.82 Å². The molecule has 0 amide bonds. The van der Waals surface area contributed by atoms with Crippen molar-refractivity contribution in [3.63, 3.8) is 0 Å². The Bertz CT molecular complexity index is 795. The molecular weight excluding hydrogens is 313 g/mol. The fourth-order valence-electron chi connectivity index (χ4n) is 2.77. The van der Waals surface area contributed by atoms with Crippen LogP contribution in [0.15, 0.2) is 36.0 Å². The number of nitrogens with zero attached hydrogens (tertiary/aromatic N) is 4. The highest BCUT2D eigenvalue weighted by atomic mass is 32.1. The lowest BCUT2D eigenvalue weighted by Gasteiger charge is -2.23. The number of halogens is 1. The van der Waals surface area contributed by atoms with E-state index in [2.05, 4.69) is 25.8 Å². The molecule has 1 unspecified atom stereocenters. The van der Waals surface area contributed by atoms with Crippen LogP contribution >= 0.6 is 11.3 Å². The summed E-state index contributed by atoms with van der Waals surface area (Å²) in [5, 5.41) is 10.7. The summed E-state index contributed by atoms with van der Waals surface area (Å²) in [6.07, 6.45) is 3.64. The van der Waals surface area contributed by atoms with Crippen molar-refractivity contribution in [2.45, 2.75) is 32.0 Å². The van der Waals surface area contributed by atoms with Gasteiger partial charge < -0.3 is 5.32 Å². The Morgan fingerprint density at radius 2 is 2.17 bits per heavy atom. The van der Waals surface area contributed by atoms with E-state index in [9.17, 15) is 4.39 Å². The highest BCUT2D eigenvalue weighted by molar-refractivity contribution is 7.13. The van der Waals surface area contributed by atoms with Gasteiger partial charge in [-0.3, -0.25) is 0 Å². The number of hydrogen-bond donors (Lipinski definition) is 1. The molecule has 1 N–H and O–H groups in total. The normalized spacial score (nSPS) is 17.2. The Morgan fingerprint density at radius 3 is 3.04 bits per heavy atom. The maximum absolute atomic E-state index is 13.0. The lowest BCUT2D eigenvalue weighted by atomic mass is 10.1. The topological polar surface area (TPSA) is 55.6 Å². The molecule has 0 fully saturated rings. The van der Waals surface area contributed by atoms with E-state index in [1.165, 1.54) is 12.1 Å². The van der Waals surface area contributed by atoms with Gasteiger partial charge in [0.2, 0.25) is 0 Å². The number of thiazole rings is 1. The second kappa shape index (κ2) is 6.17. The smallest absolute Gasteiger partial charge is 0.138 e. The first-order chi connectivity index (χ1) is 11.3. The van der Waals surface area contributed by atoms with Gasteiger partial charge in [-0.1, -0.05) is 0 Å². The SMILES string of the molecule is Fc1ccc(-c2nc(CNC3CCc4ncnn4C3)cs2)cc1. The molecule has 3 heterocycles. The van der Waals surface area contributed by atoms with E-state index in [-0.39, 0.29) is 5.82 Å². The molecule has 0 spiro atoms. The Balaban J connectivity index is 1.38. The summed E-state index contributed by atoms with van der Waals surface area (Å²) in [6, 6.07) is 6.84. The van der Waals surface area contributed by atoms with E-state index >= 15 is 0 Å². The maximum atomic E-state index is 13.0. The number of aromatic nitrogens is 4. The number of fused-ring (bicyclic) bond motifs is 1.